The molecule has 0 amide bonds. The van der Waals surface area contributed by atoms with Gasteiger partial charge in [-0.3, -0.25) is 14.9 Å². The van der Waals surface area contributed by atoms with Gasteiger partial charge in [-0.05, 0) is 66.5 Å². The molecule has 0 aliphatic heterocycles. The molecule has 2 aliphatic rings. The van der Waals surface area contributed by atoms with Gasteiger partial charge < -0.3 is 24.5 Å². The number of likely N-dealkylation sites (N-methyl/N-ethyl adjacent to an activating group) is 2. The Hall–Kier alpha value is -2.52. The van der Waals surface area contributed by atoms with Crippen LogP contribution >= 0.6 is 0 Å². The number of benzene rings is 1. The van der Waals surface area contributed by atoms with Gasteiger partial charge in [-0.15, -0.1) is 0 Å². The molecule has 0 fully saturated rings. The number of aliphatic hydroxyl groups excluding tert-OH is 1. The van der Waals surface area contributed by atoms with Crippen molar-refractivity contribution in [3.05, 3.63) is 52.3 Å². The monoisotopic (exact) mass is 584 g/mol. The van der Waals surface area contributed by atoms with Crippen molar-refractivity contribution < 1.29 is 28.8 Å². The standard InChI is InChI=1S/C34H54N4O4/c1-9-24(37(11-3,12-4)13-5)22-35-27-19-17-18-26-29(27)33(41)30-28(39)20-21-34(42,31(30)32(26)40)36-23-25(10-2)38(14-6,15-7)16-8/h17-20,24-25,36,42H,9-16,21-23H2,1-8H3/p+2. The first-order valence-electron chi connectivity index (χ1n) is 16.3. The fourth-order valence-electron chi connectivity index (χ4n) is 7.72. The van der Waals surface area contributed by atoms with E-state index in [-0.39, 0.29) is 40.5 Å². The van der Waals surface area contributed by atoms with Crippen molar-refractivity contribution in [1.82, 2.24) is 5.32 Å². The van der Waals surface area contributed by atoms with Crippen LogP contribution in [-0.4, -0.2) is 101 Å². The molecule has 0 aromatic heterocycles. The van der Waals surface area contributed by atoms with E-state index in [4.69, 9.17) is 0 Å². The lowest BCUT2D eigenvalue weighted by Crippen LogP contribution is -2.62. The summed E-state index contributed by atoms with van der Waals surface area (Å²) in [5.41, 5.74) is -0.753. The van der Waals surface area contributed by atoms with Crippen LogP contribution in [0.2, 0.25) is 0 Å². The fraction of sp³-hybridized carbons (Fsp3) is 0.647. The first-order valence-corrected chi connectivity index (χ1v) is 16.3. The van der Waals surface area contributed by atoms with Gasteiger partial charge in [0, 0.05) is 17.7 Å². The average Bonchev–Trinajstić information content (AvgIpc) is 3.01. The van der Waals surface area contributed by atoms with E-state index in [2.05, 4.69) is 66.0 Å². The number of Topliss-reactive ketones (excluding diaryl/α,β-unsaturated/α-hetero) is 2. The fourth-order valence-corrected chi connectivity index (χ4v) is 7.72. The lowest BCUT2D eigenvalue weighted by Gasteiger charge is -2.45. The molecule has 1 aromatic rings. The minimum atomic E-state index is -1.75. The molecule has 0 saturated heterocycles. The van der Waals surface area contributed by atoms with Gasteiger partial charge >= 0.3 is 0 Å². The number of hydrogen-bond donors (Lipinski definition) is 4. The zero-order chi connectivity index (χ0) is 31.3. The number of nitrogens with one attached hydrogen (secondary N) is 2. The molecule has 3 atom stereocenters. The highest BCUT2D eigenvalue weighted by Gasteiger charge is 2.48. The number of hydrogen-bond acceptors (Lipinski definition) is 6. The maximum atomic E-state index is 14.1. The summed E-state index contributed by atoms with van der Waals surface area (Å²) >= 11 is 0. The lowest BCUT2D eigenvalue weighted by molar-refractivity contribution is -0.945. The molecule has 0 heterocycles. The van der Waals surface area contributed by atoms with Gasteiger partial charge in [0.2, 0.25) is 0 Å². The number of ketones is 2. The highest BCUT2D eigenvalue weighted by atomic mass is 16.3. The van der Waals surface area contributed by atoms with Crippen molar-refractivity contribution in [1.29, 1.82) is 0 Å². The summed E-state index contributed by atoms with van der Waals surface area (Å²) in [5.74, 6) is -1.09. The summed E-state index contributed by atoms with van der Waals surface area (Å²) < 4.78 is 1.86. The van der Waals surface area contributed by atoms with E-state index in [1.54, 1.807) is 12.1 Å². The number of rotatable bonds is 16. The Balaban J connectivity index is 1.99. The predicted molar refractivity (Wildman–Crippen MR) is 171 cm³/mol. The molecule has 234 valence electrons. The lowest BCUT2D eigenvalue weighted by atomic mass is 9.74. The molecule has 1 aromatic carbocycles. The Morgan fingerprint density at radius 2 is 1.33 bits per heavy atom. The number of carbonyl (C=O) groups excluding carboxylic acids is 2. The van der Waals surface area contributed by atoms with Crippen LogP contribution in [0.25, 0.3) is 0 Å². The summed E-state index contributed by atoms with van der Waals surface area (Å²) in [5, 5.41) is 29.7. The quantitative estimate of drug-likeness (QED) is 0.157. The van der Waals surface area contributed by atoms with Crippen LogP contribution in [0.15, 0.2) is 41.2 Å². The second kappa shape index (κ2) is 13.8. The van der Waals surface area contributed by atoms with Crippen LogP contribution in [0.4, 0.5) is 5.69 Å². The number of quaternary nitrogens is 2. The number of allylic oxidation sites excluding steroid dienone is 1. The smallest absolute Gasteiger partial charge is 0.200 e. The number of nitrogens with zero attached hydrogens (tertiary/aromatic N) is 2. The van der Waals surface area contributed by atoms with Crippen molar-refractivity contribution in [2.24, 2.45) is 0 Å². The van der Waals surface area contributed by atoms with Crippen LogP contribution in [0, 0.1) is 0 Å². The van der Waals surface area contributed by atoms with Gasteiger partial charge in [0.15, 0.2) is 17.3 Å². The molecular weight excluding hydrogens is 528 g/mol. The van der Waals surface area contributed by atoms with Crippen molar-refractivity contribution >= 4 is 17.3 Å². The SMILES string of the molecule is CCC(CNc1cccc2c1C(=O)C1=C(C2=O)C(O)(NCC(CC)[N+](CC)(CC)CC)CC=C1O)[N+](CC)(CC)CC. The predicted octanol–water partition coefficient (Wildman–Crippen LogP) is 5.21. The molecule has 0 saturated carbocycles. The third-order valence-corrected chi connectivity index (χ3v) is 10.9. The van der Waals surface area contributed by atoms with Gasteiger partial charge in [-0.1, -0.05) is 26.0 Å². The van der Waals surface area contributed by atoms with Gasteiger partial charge in [-0.2, -0.15) is 0 Å². The topological polar surface area (TPSA) is 98.7 Å². The third-order valence-electron chi connectivity index (χ3n) is 10.9. The van der Waals surface area contributed by atoms with Crippen LogP contribution < -0.4 is 10.6 Å². The van der Waals surface area contributed by atoms with E-state index in [1.807, 2.05) is 6.07 Å². The van der Waals surface area contributed by atoms with E-state index < -0.39 is 17.3 Å². The van der Waals surface area contributed by atoms with Gasteiger partial charge in [-0.25, -0.2) is 0 Å². The van der Waals surface area contributed by atoms with E-state index in [1.165, 1.54) is 6.08 Å². The Bertz CT molecular complexity index is 1180. The Morgan fingerprint density at radius 3 is 1.83 bits per heavy atom. The summed E-state index contributed by atoms with van der Waals surface area (Å²) in [6.45, 7) is 24.7. The van der Waals surface area contributed by atoms with E-state index in [0.29, 0.717) is 24.8 Å². The average molecular weight is 585 g/mol. The normalized spacial score (nSPS) is 20.6. The Kier molecular flexibility index (Phi) is 11.2. The zero-order valence-corrected chi connectivity index (χ0v) is 27.3. The van der Waals surface area contributed by atoms with E-state index in [0.717, 1.165) is 61.1 Å². The van der Waals surface area contributed by atoms with Crippen molar-refractivity contribution in [3.8, 4) is 0 Å². The molecule has 4 N–H and O–H groups in total. The van der Waals surface area contributed by atoms with Crippen molar-refractivity contribution in [2.45, 2.75) is 92.5 Å². The van der Waals surface area contributed by atoms with Crippen LogP contribution in [0.1, 0.15) is 95.4 Å². The minimum absolute atomic E-state index is 0.00794. The third kappa shape index (κ3) is 5.83. The highest BCUT2D eigenvalue weighted by Crippen LogP contribution is 2.41. The zero-order valence-electron chi connectivity index (χ0n) is 27.3. The molecule has 8 nitrogen and oxygen atoms in total. The van der Waals surface area contributed by atoms with Crippen molar-refractivity contribution in [3.63, 3.8) is 0 Å². The summed E-state index contributed by atoms with van der Waals surface area (Å²) in [6, 6.07) is 5.84. The molecule has 8 heteroatoms. The molecule has 0 radical (unpaired) electrons. The molecule has 2 aliphatic carbocycles. The largest absolute Gasteiger partial charge is 0.508 e. The maximum Gasteiger partial charge on any atom is 0.200 e. The first kappa shape index (κ1) is 34.0. The Labute approximate surface area is 253 Å². The van der Waals surface area contributed by atoms with E-state index in [9.17, 15) is 19.8 Å². The number of fused-ring (bicyclic) bond motifs is 1. The molecule has 42 heavy (non-hydrogen) atoms. The summed E-state index contributed by atoms with van der Waals surface area (Å²) in [6.07, 6.45) is 3.36. The highest BCUT2D eigenvalue weighted by molar-refractivity contribution is 6.30. The number of anilines is 1. The second-order valence-corrected chi connectivity index (χ2v) is 12.0. The molecule has 3 unspecified atom stereocenters. The van der Waals surface area contributed by atoms with Crippen molar-refractivity contribution in [2.75, 3.05) is 57.7 Å². The van der Waals surface area contributed by atoms with E-state index >= 15 is 0 Å². The van der Waals surface area contributed by atoms with Gasteiger partial charge in [0.05, 0.1) is 69.1 Å². The molecular formula is C34H56N4O4+2. The molecule has 3 rings (SSSR count). The van der Waals surface area contributed by atoms with Gasteiger partial charge in [0.25, 0.3) is 0 Å². The molecule has 0 bridgehead atoms. The maximum absolute atomic E-state index is 14.1. The van der Waals surface area contributed by atoms with Crippen LogP contribution in [0.3, 0.4) is 0 Å². The number of carbonyl (C=O) groups is 2. The molecule has 0 spiro atoms. The summed E-state index contributed by atoms with van der Waals surface area (Å²) in [4.78, 5) is 28.2. The van der Waals surface area contributed by atoms with Crippen LogP contribution in [0.5, 0.6) is 0 Å². The first-order chi connectivity index (χ1) is 20.0. The Morgan fingerprint density at radius 1 is 0.810 bits per heavy atom. The minimum Gasteiger partial charge on any atom is -0.508 e. The van der Waals surface area contributed by atoms with Gasteiger partial charge in [0.1, 0.15) is 17.8 Å². The number of aliphatic hydroxyl groups is 2. The van der Waals surface area contributed by atoms with Crippen LogP contribution in [-0.2, 0) is 0 Å². The second-order valence-electron chi connectivity index (χ2n) is 12.0. The summed E-state index contributed by atoms with van der Waals surface area (Å²) in [7, 11) is 0.